The minimum Gasteiger partial charge on any atom is -0.465 e. The van der Waals surface area contributed by atoms with Crippen LogP contribution in [-0.2, 0) is 11.3 Å². The van der Waals surface area contributed by atoms with E-state index in [4.69, 9.17) is 9.15 Å². The quantitative estimate of drug-likeness (QED) is 0.852. The van der Waals surface area contributed by atoms with Crippen LogP contribution in [0.15, 0.2) is 16.5 Å². The van der Waals surface area contributed by atoms with Crippen LogP contribution in [0.25, 0.3) is 0 Å². The molecule has 0 amide bonds. The molecule has 1 aromatic heterocycles. The van der Waals surface area contributed by atoms with Crippen LogP contribution < -0.4 is 5.32 Å². The normalized spacial score (nSPS) is 25.9. The highest BCUT2D eigenvalue weighted by molar-refractivity contribution is 5.05. The molecule has 2 rings (SSSR count). The summed E-state index contributed by atoms with van der Waals surface area (Å²) in [5, 5.41) is 3.54. The molecule has 1 saturated heterocycles. The number of rotatable bonds is 4. The predicted octanol–water partition coefficient (Wildman–Crippen LogP) is 2.64. The lowest BCUT2D eigenvalue weighted by atomic mass is 10.0. The number of aryl methyl sites for hydroxylation is 1. The molecule has 1 aliphatic rings. The summed E-state index contributed by atoms with van der Waals surface area (Å²) in [5.41, 5.74) is 0. The number of hydrogen-bond acceptors (Lipinski definition) is 3. The first-order valence-electron chi connectivity index (χ1n) is 6.18. The van der Waals surface area contributed by atoms with Crippen molar-refractivity contribution in [1.29, 1.82) is 0 Å². The predicted molar refractivity (Wildman–Crippen MR) is 63.3 cm³/mol. The first kappa shape index (κ1) is 11.7. The zero-order valence-electron chi connectivity index (χ0n) is 10.2. The fraction of sp³-hybridized carbons (Fsp3) is 0.692. The summed E-state index contributed by atoms with van der Waals surface area (Å²) in [6.07, 6.45) is 3.77. The fourth-order valence-electron chi connectivity index (χ4n) is 2.18. The summed E-state index contributed by atoms with van der Waals surface area (Å²) in [7, 11) is 0. The van der Waals surface area contributed by atoms with Gasteiger partial charge in [0.2, 0.25) is 0 Å². The monoisotopic (exact) mass is 223 g/mol. The molecule has 1 N–H and O–H groups in total. The molecule has 1 aromatic rings. The molecule has 90 valence electrons. The third-order valence-electron chi connectivity index (χ3n) is 3.18. The van der Waals surface area contributed by atoms with E-state index in [0.717, 1.165) is 43.9 Å². The Morgan fingerprint density at radius 2 is 2.31 bits per heavy atom. The number of hydrogen-bond donors (Lipinski definition) is 1. The van der Waals surface area contributed by atoms with Crippen molar-refractivity contribution >= 4 is 0 Å². The second-order valence-electron chi connectivity index (χ2n) is 4.52. The maximum absolute atomic E-state index is 5.65. The van der Waals surface area contributed by atoms with Gasteiger partial charge in [0.15, 0.2) is 0 Å². The van der Waals surface area contributed by atoms with Crippen LogP contribution in [0.4, 0.5) is 0 Å². The van der Waals surface area contributed by atoms with Crippen LogP contribution >= 0.6 is 0 Å². The molecule has 0 bridgehead atoms. The lowest BCUT2D eigenvalue weighted by Crippen LogP contribution is -2.38. The van der Waals surface area contributed by atoms with E-state index in [2.05, 4.69) is 12.2 Å². The third-order valence-corrected chi connectivity index (χ3v) is 3.18. The maximum Gasteiger partial charge on any atom is 0.117 e. The summed E-state index contributed by atoms with van der Waals surface area (Å²) in [6.45, 7) is 5.87. The molecule has 0 aliphatic carbocycles. The van der Waals surface area contributed by atoms with E-state index >= 15 is 0 Å². The van der Waals surface area contributed by atoms with Crippen LogP contribution in [0, 0.1) is 6.92 Å². The van der Waals surface area contributed by atoms with Crippen LogP contribution in [-0.4, -0.2) is 18.8 Å². The molecule has 0 spiro atoms. The highest BCUT2D eigenvalue weighted by atomic mass is 16.5. The van der Waals surface area contributed by atoms with Gasteiger partial charge in [-0.15, -0.1) is 0 Å². The third kappa shape index (κ3) is 3.09. The van der Waals surface area contributed by atoms with Crippen LogP contribution in [0.1, 0.15) is 37.7 Å². The molecular formula is C13H21NO2. The summed E-state index contributed by atoms with van der Waals surface area (Å²) in [4.78, 5) is 0. The summed E-state index contributed by atoms with van der Waals surface area (Å²) in [5.74, 6) is 2.01. The molecule has 2 atom stereocenters. The largest absolute Gasteiger partial charge is 0.465 e. The van der Waals surface area contributed by atoms with Crippen molar-refractivity contribution in [2.75, 3.05) is 6.61 Å². The van der Waals surface area contributed by atoms with Crippen molar-refractivity contribution in [1.82, 2.24) is 5.32 Å². The van der Waals surface area contributed by atoms with Crippen molar-refractivity contribution in [3.63, 3.8) is 0 Å². The molecule has 16 heavy (non-hydrogen) atoms. The van der Waals surface area contributed by atoms with Crippen molar-refractivity contribution < 1.29 is 9.15 Å². The van der Waals surface area contributed by atoms with Crippen molar-refractivity contribution in [2.24, 2.45) is 0 Å². The fourth-order valence-corrected chi connectivity index (χ4v) is 2.18. The Bertz CT molecular complexity index is 321. The zero-order valence-corrected chi connectivity index (χ0v) is 10.2. The second-order valence-corrected chi connectivity index (χ2v) is 4.52. The Balaban J connectivity index is 1.77. The first-order chi connectivity index (χ1) is 7.78. The Morgan fingerprint density at radius 3 is 3.00 bits per heavy atom. The minimum atomic E-state index is 0.435. The van der Waals surface area contributed by atoms with Gasteiger partial charge in [0.05, 0.1) is 12.6 Å². The SMILES string of the molecule is CCC1CC(NCc2ccc(C)o2)CCO1. The highest BCUT2D eigenvalue weighted by Crippen LogP contribution is 2.17. The van der Waals surface area contributed by atoms with E-state index in [1.807, 2.05) is 19.1 Å². The van der Waals surface area contributed by atoms with Crippen molar-refractivity contribution in [3.8, 4) is 0 Å². The molecule has 0 saturated carbocycles. The average molecular weight is 223 g/mol. The Hall–Kier alpha value is -0.800. The van der Waals surface area contributed by atoms with Gasteiger partial charge in [0.1, 0.15) is 11.5 Å². The molecule has 3 heteroatoms. The lowest BCUT2D eigenvalue weighted by Gasteiger charge is -2.29. The van der Waals surface area contributed by atoms with E-state index in [1.165, 1.54) is 0 Å². The molecule has 0 radical (unpaired) electrons. The molecule has 1 fully saturated rings. The van der Waals surface area contributed by atoms with Crippen LogP contribution in [0.3, 0.4) is 0 Å². The molecule has 2 unspecified atom stereocenters. The number of furan rings is 1. The van der Waals surface area contributed by atoms with Gasteiger partial charge in [-0.2, -0.15) is 0 Å². The van der Waals surface area contributed by atoms with Gasteiger partial charge in [-0.3, -0.25) is 0 Å². The number of ether oxygens (including phenoxy) is 1. The minimum absolute atomic E-state index is 0.435. The summed E-state index contributed by atoms with van der Waals surface area (Å²) >= 11 is 0. The van der Waals surface area contributed by atoms with Crippen molar-refractivity contribution in [2.45, 2.75) is 51.8 Å². The van der Waals surface area contributed by atoms with Gasteiger partial charge >= 0.3 is 0 Å². The van der Waals surface area contributed by atoms with E-state index in [0.29, 0.717) is 12.1 Å². The Kier molecular flexibility index (Phi) is 4.02. The first-order valence-corrected chi connectivity index (χ1v) is 6.18. The van der Waals surface area contributed by atoms with E-state index in [1.54, 1.807) is 0 Å². The van der Waals surface area contributed by atoms with E-state index < -0.39 is 0 Å². The topological polar surface area (TPSA) is 34.4 Å². The Labute approximate surface area is 97.2 Å². The molecule has 0 aromatic carbocycles. The summed E-state index contributed by atoms with van der Waals surface area (Å²) < 4.78 is 11.2. The zero-order chi connectivity index (χ0) is 11.4. The molecule has 2 heterocycles. The van der Waals surface area contributed by atoms with Gasteiger partial charge in [0, 0.05) is 12.6 Å². The molecular weight excluding hydrogens is 202 g/mol. The lowest BCUT2D eigenvalue weighted by molar-refractivity contribution is -0.000588. The van der Waals surface area contributed by atoms with Crippen LogP contribution in [0.2, 0.25) is 0 Å². The standard InChI is InChI=1S/C13H21NO2/c1-3-12-8-11(6-7-15-12)14-9-13-5-4-10(2)16-13/h4-5,11-12,14H,3,6-9H2,1-2H3. The maximum atomic E-state index is 5.65. The summed E-state index contributed by atoms with van der Waals surface area (Å²) in [6, 6.07) is 4.62. The highest BCUT2D eigenvalue weighted by Gasteiger charge is 2.20. The average Bonchev–Trinajstić information content (AvgIpc) is 2.73. The van der Waals surface area contributed by atoms with Gasteiger partial charge in [0.25, 0.3) is 0 Å². The molecule has 1 aliphatic heterocycles. The van der Waals surface area contributed by atoms with Crippen molar-refractivity contribution in [3.05, 3.63) is 23.7 Å². The van der Waals surface area contributed by atoms with Gasteiger partial charge in [-0.1, -0.05) is 6.92 Å². The van der Waals surface area contributed by atoms with Crippen LogP contribution in [0.5, 0.6) is 0 Å². The molecule has 3 nitrogen and oxygen atoms in total. The van der Waals surface area contributed by atoms with Gasteiger partial charge < -0.3 is 14.5 Å². The van der Waals surface area contributed by atoms with E-state index in [9.17, 15) is 0 Å². The van der Waals surface area contributed by atoms with Gasteiger partial charge in [-0.25, -0.2) is 0 Å². The smallest absolute Gasteiger partial charge is 0.117 e. The van der Waals surface area contributed by atoms with E-state index in [-0.39, 0.29) is 0 Å². The Morgan fingerprint density at radius 1 is 1.44 bits per heavy atom. The number of nitrogens with one attached hydrogen (secondary N) is 1. The van der Waals surface area contributed by atoms with Gasteiger partial charge in [-0.05, 0) is 38.3 Å². The second kappa shape index (κ2) is 5.51.